The van der Waals surface area contributed by atoms with Crippen molar-refractivity contribution in [2.75, 3.05) is 26.4 Å². The maximum Gasteiger partial charge on any atom is 0.220 e. The van der Waals surface area contributed by atoms with E-state index in [1.54, 1.807) is 6.08 Å². The largest absolute Gasteiger partial charge is 0.394 e. The minimum atomic E-state index is -1.98. The molecule has 19 heteroatoms. The molecule has 0 aromatic heterocycles. The van der Waals surface area contributed by atoms with E-state index in [4.69, 9.17) is 28.4 Å². The predicted octanol–water partition coefficient (Wildman–Crippen LogP) is 14.3. The SMILES string of the molecule is CC/C=C\C/C=C\C/C=C\C/C=C\C/C=C\C/C=C\C/C=C\CCCCCCCCCCCC(=O)NC(COC1OC(CO)C(OC2OC(CO)C(OC3OC(CO)C(O)C(O)C3O)C(O)C2O)C(O)C1O)C(O)/C=C/CCCCCCCCCCCCCCCCCCCCCCCCCCCC. The predicted molar refractivity (Wildman–Crippen MR) is 415 cm³/mol. The van der Waals surface area contributed by atoms with Crippen LogP contribution < -0.4 is 5.32 Å². The highest BCUT2D eigenvalue weighted by molar-refractivity contribution is 5.76. The molecule has 0 aromatic carbocycles. The molecule has 0 radical (unpaired) electrons. The number of hydrogen-bond acceptors (Lipinski definition) is 18. The summed E-state index contributed by atoms with van der Waals surface area (Å²) in [5.41, 5.74) is 0. The number of carbonyl (C=O) groups excluding carboxylic acids is 1. The van der Waals surface area contributed by atoms with Crippen LogP contribution in [0.15, 0.2) is 97.2 Å². The average molecular weight is 1470 g/mol. The van der Waals surface area contributed by atoms with E-state index >= 15 is 0 Å². The van der Waals surface area contributed by atoms with Crippen LogP contribution in [-0.4, -0.2) is 193 Å². The maximum absolute atomic E-state index is 13.5. The highest BCUT2D eigenvalue weighted by Crippen LogP contribution is 2.33. The van der Waals surface area contributed by atoms with Crippen molar-refractivity contribution < 1.29 is 89.4 Å². The summed E-state index contributed by atoms with van der Waals surface area (Å²) >= 11 is 0. The normalized spacial score (nSPS) is 26.4. The Morgan fingerprint density at radius 1 is 0.356 bits per heavy atom. The fourth-order valence-electron chi connectivity index (χ4n) is 13.5. The first-order valence-corrected chi connectivity index (χ1v) is 41.5. The average Bonchev–Trinajstić information content (AvgIpc) is 0.783. The van der Waals surface area contributed by atoms with Crippen LogP contribution in [0.25, 0.3) is 0 Å². The Balaban J connectivity index is 1.38. The van der Waals surface area contributed by atoms with Crippen molar-refractivity contribution in [2.24, 2.45) is 0 Å². The first-order chi connectivity index (χ1) is 50.8. The van der Waals surface area contributed by atoms with E-state index < -0.39 is 124 Å². The van der Waals surface area contributed by atoms with Gasteiger partial charge in [-0.25, -0.2) is 0 Å². The van der Waals surface area contributed by atoms with Crippen molar-refractivity contribution in [1.82, 2.24) is 5.32 Å². The number of nitrogens with one attached hydrogen (secondary N) is 1. The fraction of sp³-hybridized carbons (Fsp3) is 0.800. The van der Waals surface area contributed by atoms with Crippen LogP contribution >= 0.6 is 0 Å². The summed E-state index contributed by atoms with van der Waals surface area (Å²) in [5, 5.41) is 121. The molecule has 3 fully saturated rings. The van der Waals surface area contributed by atoms with Crippen LogP contribution in [0, 0.1) is 0 Å². The van der Waals surface area contributed by atoms with Gasteiger partial charge in [-0.05, 0) is 77.0 Å². The van der Waals surface area contributed by atoms with Gasteiger partial charge in [-0.3, -0.25) is 4.79 Å². The number of unbranched alkanes of at least 4 members (excludes halogenated alkanes) is 35. The summed E-state index contributed by atoms with van der Waals surface area (Å²) in [5.74, 6) is -0.282. The second-order valence-corrected chi connectivity index (χ2v) is 29.2. The molecule has 104 heavy (non-hydrogen) atoms. The molecule has 3 aliphatic rings. The number of allylic oxidation sites excluding steroid dienone is 15. The first-order valence-electron chi connectivity index (χ1n) is 41.5. The van der Waals surface area contributed by atoms with Gasteiger partial charge in [-0.1, -0.05) is 317 Å². The van der Waals surface area contributed by atoms with Crippen LogP contribution in [0.3, 0.4) is 0 Å². The molecule has 17 atom stereocenters. The number of carbonyl (C=O) groups is 1. The topological polar surface area (TPSA) is 307 Å². The molecule has 602 valence electrons. The summed E-state index contributed by atoms with van der Waals surface area (Å²) in [6.45, 7) is 1.65. The maximum atomic E-state index is 13.5. The van der Waals surface area contributed by atoms with Gasteiger partial charge >= 0.3 is 0 Å². The smallest absolute Gasteiger partial charge is 0.220 e. The molecule has 3 rings (SSSR count). The highest BCUT2D eigenvalue weighted by Gasteiger charge is 2.54. The zero-order valence-electron chi connectivity index (χ0n) is 64.5. The van der Waals surface area contributed by atoms with E-state index in [1.807, 2.05) is 6.08 Å². The Morgan fingerprint density at radius 2 is 0.663 bits per heavy atom. The Labute approximate surface area is 628 Å². The lowest BCUT2D eigenvalue weighted by molar-refractivity contribution is -0.379. The van der Waals surface area contributed by atoms with Crippen LogP contribution in [-0.2, 0) is 33.2 Å². The standard InChI is InChI=1S/C85H149NO18/c1-3-5-7-9-11-13-15-17-19-21-23-25-27-29-31-33-34-35-37-39-41-43-45-47-49-51-53-55-57-59-61-63-73(91)86-68(69(90)62-60-58-56-54-52-50-48-46-44-42-40-38-36-32-30-28-26-24-22-20-18-16-14-12-10-8-6-4-2)67-99-83-79(97)76(94)81(71(65-88)101-83)104-85-80(98)77(95)82(72(66-89)102-85)103-84-78(96)75(93)74(92)70(64-87)100-84/h5,7,11,13,17,19,23,25,29,31,34-35,39,41,60,62,68-72,74-85,87-90,92-98H,3-4,6,8-10,12,14-16,18,20-22,24,26-28,30,32-33,36-38,40,42-59,61,63-67H2,1-2H3,(H,86,91)/b7-5-,13-11-,19-17-,25-23-,31-29-,35-34-,41-39-,62-60+. The minimum Gasteiger partial charge on any atom is -0.394 e. The molecule has 0 aliphatic carbocycles. The number of ether oxygens (including phenoxy) is 6. The molecule has 3 saturated heterocycles. The third kappa shape index (κ3) is 43.8. The molecule has 0 spiro atoms. The van der Waals surface area contributed by atoms with Gasteiger partial charge in [-0.15, -0.1) is 0 Å². The van der Waals surface area contributed by atoms with Crippen molar-refractivity contribution in [3.8, 4) is 0 Å². The Kier molecular flexibility index (Phi) is 58.9. The Bertz CT molecular complexity index is 2260. The summed E-state index contributed by atoms with van der Waals surface area (Å²) in [4.78, 5) is 13.5. The van der Waals surface area contributed by atoms with Crippen LogP contribution in [0.5, 0.6) is 0 Å². The van der Waals surface area contributed by atoms with Gasteiger partial charge in [0.15, 0.2) is 18.9 Å². The Hall–Kier alpha value is -3.29. The minimum absolute atomic E-state index is 0.231. The lowest BCUT2D eigenvalue weighted by Crippen LogP contribution is -2.66. The first kappa shape index (κ1) is 94.9. The van der Waals surface area contributed by atoms with Gasteiger partial charge in [-0.2, -0.15) is 0 Å². The highest BCUT2D eigenvalue weighted by atomic mass is 16.8. The van der Waals surface area contributed by atoms with E-state index in [-0.39, 0.29) is 18.9 Å². The molecule has 0 bridgehead atoms. The van der Waals surface area contributed by atoms with Gasteiger partial charge in [0.05, 0.1) is 38.6 Å². The second kappa shape index (κ2) is 64.5. The van der Waals surface area contributed by atoms with Crippen molar-refractivity contribution in [3.63, 3.8) is 0 Å². The van der Waals surface area contributed by atoms with Gasteiger partial charge in [0.25, 0.3) is 0 Å². The van der Waals surface area contributed by atoms with Crippen LogP contribution in [0.4, 0.5) is 0 Å². The quantitative estimate of drug-likeness (QED) is 0.0199. The molecule has 17 unspecified atom stereocenters. The number of rotatable bonds is 65. The molecule has 0 aromatic rings. The zero-order valence-corrected chi connectivity index (χ0v) is 64.5. The second-order valence-electron chi connectivity index (χ2n) is 29.2. The molecule has 3 aliphatic heterocycles. The molecule has 3 heterocycles. The number of aliphatic hydroxyl groups excluding tert-OH is 11. The van der Waals surface area contributed by atoms with E-state index in [0.29, 0.717) is 6.42 Å². The summed E-state index contributed by atoms with van der Waals surface area (Å²) in [6.07, 6.45) is 61.0. The number of hydrogen-bond donors (Lipinski definition) is 12. The third-order valence-electron chi connectivity index (χ3n) is 20.1. The molecular formula is C85H149NO18. The Morgan fingerprint density at radius 3 is 1.04 bits per heavy atom. The van der Waals surface area contributed by atoms with E-state index in [0.717, 1.165) is 103 Å². The van der Waals surface area contributed by atoms with Crippen molar-refractivity contribution in [3.05, 3.63) is 97.2 Å². The van der Waals surface area contributed by atoms with Gasteiger partial charge in [0.1, 0.15) is 73.2 Å². The van der Waals surface area contributed by atoms with Crippen molar-refractivity contribution in [1.29, 1.82) is 0 Å². The van der Waals surface area contributed by atoms with Crippen LogP contribution in [0.2, 0.25) is 0 Å². The van der Waals surface area contributed by atoms with Gasteiger partial charge in [0.2, 0.25) is 5.91 Å². The molecule has 0 saturated carbocycles. The number of amides is 1. The lowest BCUT2D eigenvalue weighted by Gasteiger charge is -2.48. The van der Waals surface area contributed by atoms with Crippen molar-refractivity contribution >= 4 is 5.91 Å². The van der Waals surface area contributed by atoms with E-state index in [2.05, 4.69) is 104 Å². The summed E-state index contributed by atoms with van der Waals surface area (Å²) in [7, 11) is 0. The van der Waals surface area contributed by atoms with E-state index in [1.165, 1.54) is 173 Å². The molecule has 1 amide bonds. The van der Waals surface area contributed by atoms with Gasteiger partial charge < -0.3 is 89.9 Å². The third-order valence-corrected chi connectivity index (χ3v) is 20.1. The zero-order chi connectivity index (χ0) is 75.3. The number of aliphatic hydroxyl groups is 11. The summed E-state index contributed by atoms with van der Waals surface area (Å²) in [6, 6.07) is -0.985. The molecule has 12 N–H and O–H groups in total. The lowest BCUT2D eigenvalue weighted by atomic mass is 9.96. The van der Waals surface area contributed by atoms with Crippen molar-refractivity contribution in [2.45, 2.75) is 407 Å². The van der Waals surface area contributed by atoms with Gasteiger partial charge in [0, 0.05) is 6.42 Å². The monoisotopic (exact) mass is 1470 g/mol. The summed E-state index contributed by atoms with van der Waals surface area (Å²) < 4.78 is 34.5. The molecular weight excluding hydrogens is 1320 g/mol. The molecule has 19 nitrogen and oxygen atoms in total. The fourth-order valence-corrected chi connectivity index (χ4v) is 13.5. The van der Waals surface area contributed by atoms with Crippen LogP contribution in [0.1, 0.15) is 303 Å². The van der Waals surface area contributed by atoms with E-state index in [9.17, 15) is 61.0 Å².